The Labute approximate surface area is 251 Å². The van der Waals surface area contributed by atoms with Crippen molar-refractivity contribution < 1.29 is 26.5 Å². The molecule has 1 unspecified atom stereocenters. The largest absolute Gasteiger partial charge is 0.543 e. The highest BCUT2D eigenvalue weighted by atomic mass is 32.2. The molecule has 3 atom stereocenters. The fourth-order valence-electron chi connectivity index (χ4n) is 4.82. The van der Waals surface area contributed by atoms with E-state index in [9.17, 15) is 8.42 Å². The summed E-state index contributed by atoms with van der Waals surface area (Å²) in [7, 11) is -5.47. The van der Waals surface area contributed by atoms with Crippen molar-refractivity contribution in [3.8, 4) is 17.0 Å². The van der Waals surface area contributed by atoms with Gasteiger partial charge in [0.05, 0.1) is 30.7 Å². The van der Waals surface area contributed by atoms with Gasteiger partial charge in [0, 0.05) is 36.9 Å². The second-order valence-corrected chi connectivity index (χ2v) is 19.5. The average Bonchev–Trinajstić information content (AvgIpc) is 3.49. The van der Waals surface area contributed by atoms with Gasteiger partial charge in [-0.1, -0.05) is 27.7 Å². The van der Waals surface area contributed by atoms with Crippen molar-refractivity contribution in [2.75, 3.05) is 26.1 Å². The zero-order valence-corrected chi connectivity index (χ0v) is 28.2. The zero-order valence-electron chi connectivity index (χ0n) is 26.4. The lowest BCUT2D eigenvalue weighted by molar-refractivity contribution is -0.0365. The fraction of sp³-hybridized carbons (Fsp3) is 0.667. The van der Waals surface area contributed by atoms with E-state index < -0.39 is 24.5 Å². The average molecular weight is 621 g/mol. The third kappa shape index (κ3) is 8.43. The molecule has 1 aliphatic rings. The molecule has 10 nitrogen and oxygen atoms in total. The van der Waals surface area contributed by atoms with Crippen molar-refractivity contribution in [2.45, 2.75) is 97.3 Å². The molecule has 1 aliphatic heterocycles. The molecule has 2 aromatic heterocycles. The van der Waals surface area contributed by atoms with Crippen LogP contribution in [0.4, 0.5) is 0 Å². The second-order valence-electron chi connectivity index (χ2n) is 13.2. The van der Waals surface area contributed by atoms with Crippen molar-refractivity contribution in [1.29, 1.82) is 0 Å². The number of fused-ring (bicyclic) bond motifs is 1. The Morgan fingerprint density at radius 1 is 1.19 bits per heavy atom. The number of hydrogen-bond donors (Lipinski definition) is 0. The molecule has 0 bridgehead atoms. The Morgan fingerprint density at radius 3 is 2.62 bits per heavy atom. The van der Waals surface area contributed by atoms with Crippen LogP contribution in [0.2, 0.25) is 18.1 Å². The number of nitrogens with zero attached hydrogens (tertiary/aromatic N) is 4. The Hall–Kier alpha value is -2.25. The van der Waals surface area contributed by atoms with Crippen LogP contribution in [0.25, 0.3) is 22.2 Å². The highest BCUT2D eigenvalue weighted by molar-refractivity contribution is 7.86. The molecule has 1 aromatic carbocycles. The maximum absolute atomic E-state index is 11.3. The number of aromatic nitrogens is 4. The van der Waals surface area contributed by atoms with Crippen molar-refractivity contribution in [3.05, 3.63) is 30.6 Å². The first-order valence-electron chi connectivity index (χ1n) is 14.9. The van der Waals surface area contributed by atoms with Crippen LogP contribution >= 0.6 is 0 Å². The SMILES string of the molecule is C[C@@H](COCC[C@@H](C)OS(C)(=O)=O)Cn1cc(-c2nn(C3CCCCO3)c3ccc(O[Si](C)(C)C(C)(C)C)cc23)cn1. The lowest BCUT2D eigenvalue weighted by atomic mass is 10.1. The van der Waals surface area contributed by atoms with E-state index in [1.54, 1.807) is 6.92 Å². The molecule has 0 N–H and O–H groups in total. The zero-order chi connectivity index (χ0) is 30.7. The van der Waals surface area contributed by atoms with E-state index in [1.165, 1.54) is 0 Å². The van der Waals surface area contributed by atoms with Crippen LogP contribution < -0.4 is 4.43 Å². The van der Waals surface area contributed by atoms with E-state index in [2.05, 4.69) is 64.1 Å². The Balaban J connectivity index is 1.50. The molecule has 0 aliphatic carbocycles. The first-order valence-corrected chi connectivity index (χ1v) is 19.7. The van der Waals surface area contributed by atoms with Crippen molar-refractivity contribution in [3.63, 3.8) is 0 Å². The van der Waals surface area contributed by atoms with Crippen molar-refractivity contribution in [1.82, 2.24) is 19.6 Å². The maximum atomic E-state index is 11.3. The fourth-order valence-corrected chi connectivity index (χ4v) is 6.53. The summed E-state index contributed by atoms with van der Waals surface area (Å²) in [6.45, 7) is 17.5. The van der Waals surface area contributed by atoms with Crippen molar-refractivity contribution in [2.24, 2.45) is 5.92 Å². The Morgan fingerprint density at radius 2 is 1.95 bits per heavy atom. The van der Waals surface area contributed by atoms with Crippen LogP contribution in [0.1, 0.15) is 66.5 Å². The highest BCUT2D eigenvalue weighted by Gasteiger charge is 2.39. The normalized spacial score (nSPS) is 18.3. The summed E-state index contributed by atoms with van der Waals surface area (Å²) in [6, 6.07) is 6.30. The smallest absolute Gasteiger partial charge is 0.264 e. The number of hydrogen-bond acceptors (Lipinski definition) is 8. The van der Waals surface area contributed by atoms with Gasteiger partial charge in [-0.25, -0.2) is 4.68 Å². The number of rotatable bonds is 13. The van der Waals surface area contributed by atoms with Gasteiger partial charge in [0.15, 0.2) is 6.23 Å². The van der Waals surface area contributed by atoms with E-state index in [4.69, 9.17) is 23.2 Å². The van der Waals surface area contributed by atoms with Crippen LogP contribution in [0.3, 0.4) is 0 Å². The summed E-state index contributed by atoms with van der Waals surface area (Å²) in [4.78, 5) is 0. The summed E-state index contributed by atoms with van der Waals surface area (Å²) >= 11 is 0. The van der Waals surface area contributed by atoms with Gasteiger partial charge in [-0.15, -0.1) is 0 Å². The van der Waals surface area contributed by atoms with Gasteiger partial charge in [-0.2, -0.15) is 18.6 Å². The molecule has 12 heteroatoms. The van der Waals surface area contributed by atoms with Crippen LogP contribution in [0.15, 0.2) is 30.6 Å². The predicted octanol–water partition coefficient (Wildman–Crippen LogP) is 6.39. The van der Waals surface area contributed by atoms with Gasteiger partial charge in [-0.05, 0) is 74.9 Å². The van der Waals surface area contributed by atoms with Gasteiger partial charge in [-0.3, -0.25) is 8.86 Å². The van der Waals surface area contributed by atoms with Gasteiger partial charge in [0.2, 0.25) is 8.32 Å². The third-order valence-corrected chi connectivity index (χ3v) is 13.1. The molecule has 1 saturated heterocycles. The molecule has 0 saturated carbocycles. The van der Waals surface area contributed by atoms with E-state index in [1.807, 2.05) is 21.8 Å². The maximum Gasteiger partial charge on any atom is 0.264 e. The summed E-state index contributed by atoms with van der Waals surface area (Å²) in [5.74, 6) is 1.08. The van der Waals surface area contributed by atoms with Crippen LogP contribution in [-0.2, 0) is 30.3 Å². The first-order chi connectivity index (χ1) is 19.6. The molecule has 234 valence electrons. The molecule has 0 amide bonds. The minimum atomic E-state index is -3.46. The van der Waals surface area contributed by atoms with Gasteiger partial charge in [0.25, 0.3) is 10.1 Å². The van der Waals surface area contributed by atoms with Crippen molar-refractivity contribution >= 4 is 29.3 Å². The van der Waals surface area contributed by atoms with Crippen LogP contribution in [0.5, 0.6) is 5.75 Å². The lowest BCUT2D eigenvalue weighted by Crippen LogP contribution is -2.43. The summed E-state index contributed by atoms with van der Waals surface area (Å²) in [5.41, 5.74) is 2.84. The predicted molar refractivity (Wildman–Crippen MR) is 168 cm³/mol. The van der Waals surface area contributed by atoms with Crippen LogP contribution in [0, 0.1) is 5.92 Å². The molecule has 3 heterocycles. The number of ether oxygens (including phenoxy) is 2. The van der Waals surface area contributed by atoms with E-state index in [0.717, 1.165) is 60.0 Å². The molecular formula is C30H48N4O6SSi. The number of benzene rings is 1. The minimum Gasteiger partial charge on any atom is -0.543 e. The minimum absolute atomic E-state index is 0.0834. The summed E-state index contributed by atoms with van der Waals surface area (Å²) in [6.07, 6.45) is 8.11. The summed E-state index contributed by atoms with van der Waals surface area (Å²) in [5, 5.41) is 10.8. The lowest BCUT2D eigenvalue weighted by Gasteiger charge is -2.36. The summed E-state index contributed by atoms with van der Waals surface area (Å²) < 4.78 is 50.0. The first kappa shape index (κ1) is 32.7. The Bertz CT molecular complexity index is 1440. The molecule has 0 spiro atoms. The van der Waals surface area contributed by atoms with E-state index in [-0.39, 0.29) is 17.2 Å². The molecule has 3 aromatic rings. The van der Waals surface area contributed by atoms with Crippen LogP contribution in [-0.4, -0.2) is 68.5 Å². The Kier molecular flexibility index (Phi) is 10.2. The molecule has 42 heavy (non-hydrogen) atoms. The van der Waals surface area contributed by atoms with Gasteiger partial charge < -0.3 is 13.9 Å². The van der Waals surface area contributed by atoms with Gasteiger partial charge >= 0.3 is 0 Å². The van der Waals surface area contributed by atoms with E-state index >= 15 is 0 Å². The third-order valence-electron chi connectivity index (χ3n) is 8.10. The molecule has 4 rings (SSSR count). The molecular weight excluding hydrogens is 573 g/mol. The monoisotopic (exact) mass is 620 g/mol. The second kappa shape index (κ2) is 13.2. The van der Waals surface area contributed by atoms with Gasteiger partial charge in [0.1, 0.15) is 11.4 Å². The highest BCUT2D eigenvalue weighted by Crippen LogP contribution is 2.39. The molecule has 1 fully saturated rings. The standard InChI is InChI=1S/C30H48N4O6SSi/c1-22(21-37-16-14-23(2)39-41(6,35)36)19-33-20-24(18-31-33)29-26-17-25(40-42(7,8)30(3,4)5)12-13-27(26)34(32-29)28-11-9-10-15-38-28/h12-13,17-18,20,22-23,28H,9-11,14-16,19,21H2,1-8H3/t22-,23-,28?/m1/s1. The van der Waals surface area contributed by atoms with E-state index in [0.29, 0.717) is 26.2 Å². The quantitative estimate of drug-likeness (QED) is 0.123. The molecule has 0 radical (unpaired) electrons. The topological polar surface area (TPSA) is 107 Å².